The average molecular weight is 345 g/mol. The van der Waals surface area contributed by atoms with Gasteiger partial charge in [0.05, 0.1) is 5.54 Å². The van der Waals surface area contributed by atoms with E-state index in [-0.39, 0.29) is 11.3 Å². The van der Waals surface area contributed by atoms with E-state index in [0.717, 1.165) is 17.8 Å². The summed E-state index contributed by atoms with van der Waals surface area (Å²) in [6, 6.07) is 8.75. The highest BCUT2D eigenvalue weighted by molar-refractivity contribution is 7.09. The number of benzene rings is 1. The summed E-state index contributed by atoms with van der Waals surface area (Å²) in [4.78, 5) is 16.5. The molecule has 130 valence electrons. The molecule has 0 radical (unpaired) electrons. The molecule has 1 heterocycles. The van der Waals surface area contributed by atoms with E-state index in [1.54, 1.807) is 17.5 Å². The summed E-state index contributed by atoms with van der Waals surface area (Å²) in [5.41, 5.74) is 2.41. The van der Waals surface area contributed by atoms with Crippen molar-refractivity contribution in [3.05, 3.63) is 52.0 Å². The fourth-order valence-electron chi connectivity index (χ4n) is 2.62. The molecule has 1 amide bonds. The summed E-state index contributed by atoms with van der Waals surface area (Å²) in [5, 5.41) is 5.96. The minimum Gasteiger partial charge on any atom is -0.345 e. The number of carbonyl (C=O) groups is 1. The fraction of sp³-hybridized carbons (Fsp3) is 0.500. The highest BCUT2D eigenvalue weighted by atomic mass is 32.1. The lowest BCUT2D eigenvalue weighted by Gasteiger charge is -2.23. The van der Waals surface area contributed by atoms with Crippen LogP contribution in [0.1, 0.15) is 63.6 Å². The summed E-state index contributed by atoms with van der Waals surface area (Å²) in [5.74, 6) is 0.0847. The van der Waals surface area contributed by atoms with Crippen molar-refractivity contribution in [2.24, 2.45) is 0 Å². The number of aryl methyl sites for hydroxylation is 1. The van der Waals surface area contributed by atoms with Gasteiger partial charge in [0.2, 0.25) is 5.91 Å². The SMILES string of the molecule is CC(C)(C)c1ccc(CCCC(=O)NC(C)(C)c2nccs2)cc1. The zero-order chi connectivity index (χ0) is 17.8. The lowest BCUT2D eigenvalue weighted by atomic mass is 9.86. The molecule has 1 aromatic carbocycles. The summed E-state index contributed by atoms with van der Waals surface area (Å²) >= 11 is 1.57. The Balaban J connectivity index is 1.80. The molecular formula is C20H28N2OS. The van der Waals surface area contributed by atoms with Gasteiger partial charge in [0.25, 0.3) is 0 Å². The molecule has 0 aliphatic carbocycles. The van der Waals surface area contributed by atoms with E-state index in [4.69, 9.17) is 0 Å². The van der Waals surface area contributed by atoms with Crippen molar-refractivity contribution in [1.82, 2.24) is 10.3 Å². The van der Waals surface area contributed by atoms with Crippen LogP contribution in [0.5, 0.6) is 0 Å². The van der Waals surface area contributed by atoms with E-state index in [0.29, 0.717) is 6.42 Å². The van der Waals surface area contributed by atoms with E-state index in [9.17, 15) is 4.79 Å². The molecule has 0 saturated heterocycles. The Morgan fingerprint density at radius 3 is 2.33 bits per heavy atom. The van der Waals surface area contributed by atoms with Crippen LogP contribution in [0.25, 0.3) is 0 Å². The molecule has 0 atom stereocenters. The molecule has 0 saturated carbocycles. The molecule has 0 aliphatic rings. The lowest BCUT2D eigenvalue weighted by Crippen LogP contribution is -2.40. The third-order valence-electron chi connectivity index (χ3n) is 4.11. The maximum absolute atomic E-state index is 12.2. The van der Waals surface area contributed by atoms with Gasteiger partial charge in [-0.1, -0.05) is 45.0 Å². The molecule has 0 bridgehead atoms. The Labute approximate surface area is 149 Å². The average Bonchev–Trinajstić information content (AvgIpc) is 3.01. The lowest BCUT2D eigenvalue weighted by molar-refractivity contribution is -0.122. The maximum Gasteiger partial charge on any atom is 0.220 e. The van der Waals surface area contributed by atoms with Crippen molar-refractivity contribution < 1.29 is 4.79 Å². The topological polar surface area (TPSA) is 42.0 Å². The van der Waals surface area contributed by atoms with Crippen molar-refractivity contribution in [2.45, 2.75) is 64.8 Å². The largest absolute Gasteiger partial charge is 0.345 e. The molecule has 2 aromatic rings. The van der Waals surface area contributed by atoms with E-state index in [1.165, 1.54) is 11.1 Å². The highest BCUT2D eigenvalue weighted by Crippen LogP contribution is 2.23. The monoisotopic (exact) mass is 344 g/mol. The van der Waals surface area contributed by atoms with Crippen LogP contribution in [0.2, 0.25) is 0 Å². The van der Waals surface area contributed by atoms with Crippen molar-refractivity contribution in [2.75, 3.05) is 0 Å². The van der Waals surface area contributed by atoms with Crippen molar-refractivity contribution in [3.8, 4) is 0 Å². The number of rotatable bonds is 6. The molecular weight excluding hydrogens is 316 g/mol. The molecule has 3 nitrogen and oxygen atoms in total. The fourth-order valence-corrected chi connectivity index (χ4v) is 3.34. The Bertz CT molecular complexity index is 652. The number of amides is 1. The first kappa shape index (κ1) is 18.7. The van der Waals surface area contributed by atoms with Gasteiger partial charge in [-0.05, 0) is 43.2 Å². The number of carbonyl (C=O) groups excluding carboxylic acids is 1. The summed E-state index contributed by atoms with van der Waals surface area (Å²) < 4.78 is 0. The molecule has 0 unspecified atom stereocenters. The highest BCUT2D eigenvalue weighted by Gasteiger charge is 2.25. The number of nitrogens with one attached hydrogen (secondary N) is 1. The first-order valence-electron chi connectivity index (χ1n) is 8.49. The second kappa shape index (κ2) is 7.47. The molecule has 1 aromatic heterocycles. The van der Waals surface area contributed by atoms with E-state index in [2.05, 4.69) is 55.3 Å². The van der Waals surface area contributed by atoms with E-state index < -0.39 is 5.54 Å². The van der Waals surface area contributed by atoms with Crippen LogP contribution in [-0.2, 0) is 22.2 Å². The standard InChI is InChI=1S/C20H28N2OS/c1-19(2,3)16-11-9-15(10-12-16)7-6-8-17(23)22-20(4,5)18-21-13-14-24-18/h9-14H,6-8H2,1-5H3,(H,22,23). The first-order valence-corrected chi connectivity index (χ1v) is 9.37. The van der Waals surface area contributed by atoms with E-state index in [1.807, 2.05) is 19.2 Å². The van der Waals surface area contributed by atoms with Crippen molar-refractivity contribution in [3.63, 3.8) is 0 Å². The van der Waals surface area contributed by atoms with Crippen LogP contribution in [-0.4, -0.2) is 10.9 Å². The molecule has 2 rings (SSSR count). The molecule has 1 N–H and O–H groups in total. The second-order valence-corrected chi connectivity index (χ2v) is 8.71. The predicted octanol–water partition coefficient (Wildman–Crippen LogP) is 4.81. The number of thiazole rings is 1. The molecule has 0 spiro atoms. The molecule has 0 aliphatic heterocycles. The maximum atomic E-state index is 12.2. The Morgan fingerprint density at radius 2 is 1.79 bits per heavy atom. The van der Waals surface area contributed by atoms with Crippen LogP contribution in [0.4, 0.5) is 0 Å². The van der Waals surface area contributed by atoms with Crippen LogP contribution in [0.3, 0.4) is 0 Å². The van der Waals surface area contributed by atoms with Gasteiger partial charge in [-0.2, -0.15) is 0 Å². The molecule has 24 heavy (non-hydrogen) atoms. The van der Waals surface area contributed by atoms with Gasteiger partial charge in [-0.3, -0.25) is 4.79 Å². The number of nitrogens with zero attached hydrogens (tertiary/aromatic N) is 1. The van der Waals surface area contributed by atoms with Crippen molar-refractivity contribution in [1.29, 1.82) is 0 Å². The normalized spacial score (nSPS) is 12.2. The van der Waals surface area contributed by atoms with Gasteiger partial charge < -0.3 is 5.32 Å². The second-order valence-electron chi connectivity index (χ2n) is 7.81. The van der Waals surface area contributed by atoms with Crippen LogP contribution in [0.15, 0.2) is 35.8 Å². The Morgan fingerprint density at radius 1 is 1.12 bits per heavy atom. The van der Waals surface area contributed by atoms with Gasteiger partial charge in [0.1, 0.15) is 5.01 Å². The van der Waals surface area contributed by atoms with Gasteiger partial charge in [0.15, 0.2) is 0 Å². The van der Waals surface area contributed by atoms with Crippen LogP contribution in [0, 0.1) is 0 Å². The quantitative estimate of drug-likeness (QED) is 0.816. The zero-order valence-electron chi connectivity index (χ0n) is 15.3. The zero-order valence-corrected chi connectivity index (χ0v) is 16.2. The number of aromatic nitrogens is 1. The Hall–Kier alpha value is -1.68. The molecule has 0 fully saturated rings. The predicted molar refractivity (Wildman–Crippen MR) is 101 cm³/mol. The summed E-state index contributed by atoms with van der Waals surface area (Å²) in [6.45, 7) is 10.6. The summed E-state index contributed by atoms with van der Waals surface area (Å²) in [7, 11) is 0. The number of hydrogen-bond donors (Lipinski definition) is 1. The Kier molecular flexibility index (Phi) is 5.81. The van der Waals surface area contributed by atoms with Gasteiger partial charge in [-0.15, -0.1) is 11.3 Å². The van der Waals surface area contributed by atoms with Gasteiger partial charge in [0, 0.05) is 18.0 Å². The van der Waals surface area contributed by atoms with Gasteiger partial charge >= 0.3 is 0 Å². The molecule has 4 heteroatoms. The summed E-state index contributed by atoms with van der Waals surface area (Å²) in [6.07, 6.45) is 4.09. The third kappa shape index (κ3) is 5.17. The van der Waals surface area contributed by atoms with E-state index >= 15 is 0 Å². The van der Waals surface area contributed by atoms with Crippen molar-refractivity contribution >= 4 is 17.2 Å². The first-order chi connectivity index (χ1) is 11.2. The third-order valence-corrected chi connectivity index (χ3v) is 5.20. The number of hydrogen-bond acceptors (Lipinski definition) is 3. The minimum absolute atomic E-state index is 0.0847. The van der Waals surface area contributed by atoms with Crippen LogP contribution >= 0.6 is 11.3 Å². The van der Waals surface area contributed by atoms with Gasteiger partial charge in [-0.25, -0.2) is 4.98 Å². The minimum atomic E-state index is -0.403. The van der Waals surface area contributed by atoms with Crippen LogP contribution < -0.4 is 5.32 Å². The smallest absolute Gasteiger partial charge is 0.220 e.